The van der Waals surface area contributed by atoms with E-state index in [9.17, 15) is 0 Å². The second kappa shape index (κ2) is 3.26. The van der Waals surface area contributed by atoms with Crippen molar-refractivity contribution >= 4 is 27.0 Å². The van der Waals surface area contributed by atoms with E-state index in [0.29, 0.717) is 11.4 Å². The number of nitrogens with zero attached hydrogens (tertiary/aromatic N) is 3. The van der Waals surface area contributed by atoms with E-state index in [0.717, 1.165) is 9.99 Å². The highest BCUT2D eigenvalue weighted by molar-refractivity contribution is 9.10. The van der Waals surface area contributed by atoms with Gasteiger partial charge < -0.3 is 4.74 Å². The third-order valence-electron chi connectivity index (χ3n) is 1.60. The lowest BCUT2D eigenvalue weighted by Crippen LogP contribution is -1.92. The Hall–Kier alpha value is -1.23. The van der Waals surface area contributed by atoms with E-state index >= 15 is 0 Å². The lowest BCUT2D eigenvalue weighted by Gasteiger charge is -2.01. The molecule has 0 unspecified atom stereocenters. The van der Waals surface area contributed by atoms with E-state index in [1.54, 1.807) is 13.3 Å². The summed E-state index contributed by atoms with van der Waals surface area (Å²) in [5.74, 6) is 0.498. The molecular weight excluding hydrogens is 234 g/mol. The maximum Gasteiger partial charge on any atom is 0.243 e. The van der Waals surface area contributed by atoms with Crippen molar-refractivity contribution in [1.82, 2.24) is 15.0 Å². The fraction of sp³-hybridized carbons (Fsp3) is 0.125. The Morgan fingerprint density at radius 1 is 1.31 bits per heavy atom. The normalized spacial score (nSPS) is 10.3. The van der Waals surface area contributed by atoms with Crippen LogP contribution in [0.15, 0.2) is 23.1 Å². The first kappa shape index (κ1) is 8.37. The topological polar surface area (TPSA) is 47.9 Å². The van der Waals surface area contributed by atoms with Gasteiger partial charge in [-0.05, 0) is 22.0 Å². The van der Waals surface area contributed by atoms with Crippen molar-refractivity contribution in [3.05, 3.63) is 23.1 Å². The van der Waals surface area contributed by atoms with Crippen LogP contribution in [0.3, 0.4) is 0 Å². The molecule has 0 radical (unpaired) electrons. The van der Waals surface area contributed by atoms with Gasteiger partial charge in [0.05, 0.1) is 12.6 Å². The van der Waals surface area contributed by atoms with Crippen LogP contribution >= 0.6 is 15.9 Å². The van der Waals surface area contributed by atoms with Crippen LogP contribution in [0.1, 0.15) is 0 Å². The molecule has 0 spiro atoms. The minimum atomic E-state index is 0.498. The summed E-state index contributed by atoms with van der Waals surface area (Å²) in [6.45, 7) is 0. The van der Waals surface area contributed by atoms with Gasteiger partial charge in [0.25, 0.3) is 0 Å². The molecule has 66 valence electrons. The van der Waals surface area contributed by atoms with Gasteiger partial charge in [-0.15, -0.1) is 0 Å². The van der Waals surface area contributed by atoms with E-state index in [1.807, 2.05) is 6.07 Å². The molecule has 5 heteroatoms. The Balaban J connectivity index is 2.77. The zero-order chi connectivity index (χ0) is 9.26. The Bertz CT molecular complexity index is 446. The number of methoxy groups -OCH3 is 1. The summed E-state index contributed by atoms with van der Waals surface area (Å²) >= 11 is 3.32. The molecule has 2 aromatic heterocycles. The van der Waals surface area contributed by atoms with Crippen LogP contribution in [0.25, 0.3) is 11.0 Å². The van der Waals surface area contributed by atoms with Crippen LogP contribution in [0.5, 0.6) is 5.88 Å². The molecular formula is C8H6BrN3O. The van der Waals surface area contributed by atoms with Crippen molar-refractivity contribution in [1.29, 1.82) is 0 Å². The van der Waals surface area contributed by atoms with Gasteiger partial charge in [0.15, 0.2) is 5.52 Å². The third-order valence-corrected chi connectivity index (χ3v) is 2.04. The largest absolute Gasteiger partial charge is 0.479 e. The predicted octanol–water partition coefficient (Wildman–Crippen LogP) is 1.80. The zero-order valence-corrected chi connectivity index (χ0v) is 8.45. The molecule has 0 amide bonds. The average molecular weight is 240 g/mol. The minimum absolute atomic E-state index is 0.498. The van der Waals surface area contributed by atoms with Gasteiger partial charge in [-0.1, -0.05) is 0 Å². The third kappa shape index (κ3) is 1.47. The molecule has 0 aliphatic heterocycles. The number of halogens is 1. The number of ether oxygens (including phenoxy) is 1. The number of hydrogen-bond donors (Lipinski definition) is 0. The van der Waals surface area contributed by atoms with Gasteiger partial charge in [0.1, 0.15) is 6.33 Å². The fourth-order valence-corrected chi connectivity index (χ4v) is 1.37. The Kier molecular flexibility index (Phi) is 2.10. The van der Waals surface area contributed by atoms with E-state index in [2.05, 4.69) is 30.9 Å². The Labute approximate surface area is 83.1 Å². The van der Waals surface area contributed by atoms with Crippen LogP contribution in [0, 0.1) is 0 Å². The second-order valence-corrected chi connectivity index (χ2v) is 3.32. The van der Waals surface area contributed by atoms with Gasteiger partial charge in [-0.2, -0.15) is 4.98 Å². The van der Waals surface area contributed by atoms with Gasteiger partial charge in [0, 0.05) is 10.7 Å². The summed E-state index contributed by atoms with van der Waals surface area (Å²) in [7, 11) is 1.56. The molecule has 2 rings (SSSR count). The smallest absolute Gasteiger partial charge is 0.243 e. The summed E-state index contributed by atoms with van der Waals surface area (Å²) < 4.78 is 5.93. The summed E-state index contributed by atoms with van der Waals surface area (Å²) in [6.07, 6.45) is 3.14. The summed E-state index contributed by atoms with van der Waals surface area (Å²) in [6, 6.07) is 1.87. The van der Waals surface area contributed by atoms with E-state index in [4.69, 9.17) is 4.74 Å². The van der Waals surface area contributed by atoms with Crippen LogP contribution in [-0.2, 0) is 0 Å². The molecule has 0 saturated heterocycles. The molecule has 0 saturated carbocycles. The standard InChI is InChI=1S/C8H6BrN3O/c1-13-8-7-6(11-4-12-8)2-5(9)3-10-7/h2-4H,1H3. The fourth-order valence-electron chi connectivity index (χ4n) is 1.05. The van der Waals surface area contributed by atoms with Crippen LogP contribution in [-0.4, -0.2) is 22.1 Å². The molecule has 0 atom stereocenters. The minimum Gasteiger partial charge on any atom is -0.479 e. The van der Waals surface area contributed by atoms with E-state index in [-0.39, 0.29) is 0 Å². The highest BCUT2D eigenvalue weighted by Gasteiger charge is 2.04. The van der Waals surface area contributed by atoms with Gasteiger partial charge in [0.2, 0.25) is 5.88 Å². The molecule has 0 fully saturated rings. The highest BCUT2D eigenvalue weighted by Crippen LogP contribution is 2.20. The summed E-state index contributed by atoms with van der Waals surface area (Å²) in [4.78, 5) is 12.2. The first-order valence-electron chi connectivity index (χ1n) is 3.61. The predicted molar refractivity (Wildman–Crippen MR) is 51.6 cm³/mol. The van der Waals surface area contributed by atoms with Crippen molar-refractivity contribution in [3.8, 4) is 5.88 Å². The molecule has 2 aromatic rings. The van der Waals surface area contributed by atoms with Crippen LogP contribution < -0.4 is 4.74 Å². The molecule has 0 aliphatic carbocycles. The van der Waals surface area contributed by atoms with Crippen molar-refractivity contribution < 1.29 is 4.74 Å². The van der Waals surface area contributed by atoms with Crippen molar-refractivity contribution in [3.63, 3.8) is 0 Å². The number of fused-ring (bicyclic) bond motifs is 1. The van der Waals surface area contributed by atoms with Crippen molar-refractivity contribution in [2.75, 3.05) is 7.11 Å². The number of rotatable bonds is 1. The maximum absolute atomic E-state index is 5.04. The van der Waals surface area contributed by atoms with E-state index in [1.165, 1.54) is 6.33 Å². The second-order valence-electron chi connectivity index (χ2n) is 2.40. The molecule has 0 N–H and O–H groups in total. The zero-order valence-electron chi connectivity index (χ0n) is 6.86. The van der Waals surface area contributed by atoms with Gasteiger partial charge >= 0.3 is 0 Å². The molecule has 0 aromatic carbocycles. The Morgan fingerprint density at radius 2 is 2.15 bits per heavy atom. The number of hydrogen-bond acceptors (Lipinski definition) is 4. The van der Waals surface area contributed by atoms with Crippen molar-refractivity contribution in [2.24, 2.45) is 0 Å². The highest BCUT2D eigenvalue weighted by atomic mass is 79.9. The van der Waals surface area contributed by atoms with E-state index < -0.39 is 0 Å². The number of pyridine rings is 1. The van der Waals surface area contributed by atoms with Crippen LogP contribution in [0.4, 0.5) is 0 Å². The first-order chi connectivity index (χ1) is 6.31. The molecule has 13 heavy (non-hydrogen) atoms. The first-order valence-corrected chi connectivity index (χ1v) is 4.41. The monoisotopic (exact) mass is 239 g/mol. The van der Waals surface area contributed by atoms with Gasteiger partial charge in [-0.3, -0.25) is 0 Å². The molecule has 4 nitrogen and oxygen atoms in total. The van der Waals surface area contributed by atoms with Crippen molar-refractivity contribution in [2.45, 2.75) is 0 Å². The molecule has 0 bridgehead atoms. The maximum atomic E-state index is 5.04. The lowest BCUT2D eigenvalue weighted by molar-refractivity contribution is 0.401. The quantitative estimate of drug-likeness (QED) is 0.762. The summed E-state index contributed by atoms with van der Waals surface area (Å²) in [5.41, 5.74) is 1.44. The SMILES string of the molecule is COc1ncnc2cc(Br)cnc12. The Morgan fingerprint density at radius 3 is 2.92 bits per heavy atom. The van der Waals surface area contributed by atoms with Gasteiger partial charge in [-0.25, -0.2) is 9.97 Å². The molecule has 2 heterocycles. The number of aromatic nitrogens is 3. The lowest BCUT2D eigenvalue weighted by atomic mass is 10.3. The summed E-state index contributed by atoms with van der Waals surface area (Å²) in [5, 5.41) is 0. The van der Waals surface area contributed by atoms with Crippen LogP contribution in [0.2, 0.25) is 0 Å². The molecule has 0 aliphatic rings. The average Bonchev–Trinajstić information content (AvgIpc) is 2.16.